The molecule has 1 fully saturated rings. The van der Waals surface area contributed by atoms with Gasteiger partial charge in [0.25, 0.3) is 0 Å². The fourth-order valence-electron chi connectivity index (χ4n) is 2.97. The molecule has 0 spiro atoms. The van der Waals surface area contributed by atoms with Crippen molar-refractivity contribution in [1.29, 1.82) is 0 Å². The second kappa shape index (κ2) is 5.70. The van der Waals surface area contributed by atoms with Crippen LogP contribution in [0.3, 0.4) is 0 Å². The molecule has 1 aromatic carbocycles. The van der Waals surface area contributed by atoms with Crippen molar-refractivity contribution < 1.29 is 9.84 Å². The fourth-order valence-corrected chi connectivity index (χ4v) is 3.97. The minimum atomic E-state index is -0.0852. The maximum atomic E-state index is 9.84. The van der Waals surface area contributed by atoms with Gasteiger partial charge in [-0.2, -0.15) is 5.10 Å². The first-order valence-electron chi connectivity index (χ1n) is 7.86. The Morgan fingerprint density at radius 2 is 2.22 bits per heavy atom. The summed E-state index contributed by atoms with van der Waals surface area (Å²) >= 11 is 1.55. The molecular weight excluding hydrogens is 310 g/mol. The SMILES string of the molecule is Cc1ccc(-c2nc3sc(C4CCCO4)nn3c2CO)cc1C. The summed E-state index contributed by atoms with van der Waals surface area (Å²) in [7, 11) is 0. The molecule has 0 aliphatic carbocycles. The fraction of sp³-hybridized carbons (Fsp3) is 0.412. The Morgan fingerprint density at radius 3 is 2.91 bits per heavy atom. The summed E-state index contributed by atoms with van der Waals surface area (Å²) in [6.07, 6.45) is 2.17. The Bertz CT molecular complexity index is 862. The summed E-state index contributed by atoms with van der Waals surface area (Å²) in [5.41, 5.74) is 5.04. The molecule has 6 heteroatoms. The van der Waals surface area contributed by atoms with Gasteiger partial charge in [-0.15, -0.1) is 0 Å². The van der Waals surface area contributed by atoms with Gasteiger partial charge in [0.15, 0.2) is 0 Å². The number of imidazole rings is 1. The largest absolute Gasteiger partial charge is 0.390 e. The molecule has 1 aliphatic rings. The third-order valence-electron chi connectivity index (χ3n) is 4.45. The first-order chi connectivity index (χ1) is 11.2. The van der Waals surface area contributed by atoms with Gasteiger partial charge in [0, 0.05) is 12.2 Å². The van der Waals surface area contributed by atoms with E-state index in [4.69, 9.17) is 9.72 Å². The number of hydrogen-bond acceptors (Lipinski definition) is 5. The maximum absolute atomic E-state index is 9.84. The minimum absolute atomic E-state index is 0.0818. The number of aliphatic hydroxyl groups excluding tert-OH is 1. The highest BCUT2D eigenvalue weighted by atomic mass is 32.1. The molecule has 23 heavy (non-hydrogen) atoms. The second-order valence-corrected chi connectivity index (χ2v) is 6.99. The van der Waals surface area contributed by atoms with Crippen LogP contribution < -0.4 is 0 Å². The molecule has 0 radical (unpaired) electrons. The van der Waals surface area contributed by atoms with E-state index in [9.17, 15) is 5.11 Å². The molecule has 1 atom stereocenters. The molecule has 120 valence electrons. The number of rotatable bonds is 3. The lowest BCUT2D eigenvalue weighted by atomic mass is 10.0. The predicted octanol–water partition coefficient (Wildman–Crippen LogP) is 3.42. The van der Waals surface area contributed by atoms with E-state index in [1.54, 1.807) is 15.9 Å². The predicted molar refractivity (Wildman–Crippen MR) is 89.6 cm³/mol. The van der Waals surface area contributed by atoms with E-state index in [2.05, 4.69) is 37.1 Å². The Balaban J connectivity index is 1.81. The van der Waals surface area contributed by atoms with E-state index in [-0.39, 0.29) is 12.7 Å². The Labute approximate surface area is 138 Å². The minimum Gasteiger partial charge on any atom is -0.390 e. The van der Waals surface area contributed by atoms with Crippen LogP contribution in [0.2, 0.25) is 0 Å². The zero-order valence-corrected chi connectivity index (χ0v) is 14.1. The summed E-state index contributed by atoms with van der Waals surface area (Å²) in [5.74, 6) is 0. The summed E-state index contributed by atoms with van der Waals surface area (Å²) < 4.78 is 7.47. The molecule has 0 amide bonds. The van der Waals surface area contributed by atoms with Gasteiger partial charge < -0.3 is 9.84 Å². The van der Waals surface area contributed by atoms with E-state index in [0.717, 1.165) is 46.4 Å². The van der Waals surface area contributed by atoms with Crippen LogP contribution in [-0.4, -0.2) is 26.3 Å². The van der Waals surface area contributed by atoms with Gasteiger partial charge in [-0.1, -0.05) is 23.5 Å². The first kappa shape index (κ1) is 14.8. The second-order valence-electron chi connectivity index (χ2n) is 6.00. The van der Waals surface area contributed by atoms with E-state index in [1.807, 2.05) is 0 Å². The average Bonchev–Trinajstić information content (AvgIpc) is 3.23. The Kier molecular flexibility index (Phi) is 3.67. The number of hydrogen-bond donors (Lipinski definition) is 1. The molecule has 1 N–H and O–H groups in total. The van der Waals surface area contributed by atoms with Crippen LogP contribution in [0.15, 0.2) is 18.2 Å². The number of aliphatic hydroxyl groups is 1. The zero-order chi connectivity index (χ0) is 16.0. The van der Waals surface area contributed by atoms with Crippen LogP contribution in [0.5, 0.6) is 0 Å². The van der Waals surface area contributed by atoms with Gasteiger partial charge in [0.1, 0.15) is 11.1 Å². The van der Waals surface area contributed by atoms with Crippen LogP contribution in [0.4, 0.5) is 0 Å². The zero-order valence-electron chi connectivity index (χ0n) is 13.2. The Morgan fingerprint density at radius 1 is 1.35 bits per heavy atom. The van der Waals surface area contributed by atoms with Crippen molar-refractivity contribution in [2.24, 2.45) is 0 Å². The standard InChI is InChI=1S/C17H19N3O2S/c1-10-5-6-12(8-11(10)2)15-13(9-21)20-17(18-15)23-16(19-20)14-4-3-7-22-14/h5-6,8,14,21H,3-4,7,9H2,1-2H3. The van der Waals surface area contributed by atoms with Crippen LogP contribution in [0.25, 0.3) is 16.2 Å². The number of aromatic nitrogens is 3. The quantitative estimate of drug-likeness (QED) is 0.800. The average molecular weight is 329 g/mol. The first-order valence-corrected chi connectivity index (χ1v) is 8.67. The maximum Gasteiger partial charge on any atom is 0.213 e. The van der Waals surface area contributed by atoms with Crippen LogP contribution in [0, 0.1) is 13.8 Å². The third-order valence-corrected chi connectivity index (χ3v) is 5.45. The van der Waals surface area contributed by atoms with Crippen molar-refractivity contribution in [3.63, 3.8) is 0 Å². The van der Waals surface area contributed by atoms with Crippen molar-refractivity contribution >= 4 is 16.3 Å². The Hall–Kier alpha value is -1.76. The van der Waals surface area contributed by atoms with Crippen molar-refractivity contribution in [2.45, 2.75) is 39.4 Å². The highest BCUT2D eigenvalue weighted by Gasteiger charge is 2.24. The monoisotopic (exact) mass is 329 g/mol. The molecular formula is C17H19N3O2S. The number of aryl methyl sites for hydroxylation is 2. The van der Waals surface area contributed by atoms with E-state index in [1.165, 1.54) is 11.1 Å². The van der Waals surface area contributed by atoms with Gasteiger partial charge in [-0.3, -0.25) is 0 Å². The number of nitrogens with zero attached hydrogens (tertiary/aromatic N) is 3. The summed E-state index contributed by atoms with van der Waals surface area (Å²) in [4.78, 5) is 5.53. The van der Waals surface area contributed by atoms with Gasteiger partial charge in [-0.05, 0) is 43.9 Å². The third kappa shape index (κ3) is 2.47. The molecule has 0 bridgehead atoms. The molecule has 4 rings (SSSR count). The molecule has 0 saturated carbocycles. The van der Waals surface area contributed by atoms with Crippen molar-refractivity contribution in [3.8, 4) is 11.3 Å². The van der Waals surface area contributed by atoms with Gasteiger partial charge in [0.05, 0.1) is 18.0 Å². The van der Waals surface area contributed by atoms with E-state index >= 15 is 0 Å². The summed E-state index contributed by atoms with van der Waals surface area (Å²) in [6, 6.07) is 6.25. The molecule has 3 aromatic rings. The highest BCUT2D eigenvalue weighted by molar-refractivity contribution is 7.16. The summed E-state index contributed by atoms with van der Waals surface area (Å²) in [5, 5.41) is 15.4. The smallest absolute Gasteiger partial charge is 0.213 e. The normalized spacial score (nSPS) is 18.1. The molecule has 5 nitrogen and oxygen atoms in total. The molecule has 1 saturated heterocycles. The van der Waals surface area contributed by atoms with Crippen molar-refractivity contribution in [3.05, 3.63) is 40.0 Å². The number of ether oxygens (including phenoxy) is 1. The van der Waals surface area contributed by atoms with Gasteiger partial charge in [-0.25, -0.2) is 9.50 Å². The molecule has 3 heterocycles. The topological polar surface area (TPSA) is 59.7 Å². The van der Waals surface area contributed by atoms with E-state index < -0.39 is 0 Å². The van der Waals surface area contributed by atoms with Crippen molar-refractivity contribution in [2.75, 3.05) is 6.61 Å². The van der Waals surface area contributed by atoms with Crippen molar-refractivity contribution in [1.82, 2.24) is 14.6 Å². The number of benzene rings is 1. The lowest BCUT2D eigenvalue weighted by molar-refractivity contribution is 0.111. The molecule has 1 unspecified atom stereocenters. The van der Waals surface area contributed by atoms with Crippen LogP contribution in [0.1, 0.15) is 40.8 Å². The van der Waals surface area contributed by atoms with Gasteiger partial charge >= 0.3 is 0 Å². The number of fused-ring (bicyclic) bond motifs is 1. The lowest BCUT2D eigenvalue weighted by Crippen LogP contribution is -2.00. The molecule has 2 aromatic heterocycles. The molecule has 1 aliphatic heterocycles. The summed E-state index contributed by atoms with van der Waals surface area (Å²) in [6.45, 7) is 4.89. The highest BCUT2D eigenvalue weighted by Crippen LogP contribution is 2.34. The van der Waals surface area contributed by atoms with Crippen LogP contribution in [-0.2, 0) is 11.3 Å². The lowest BCUT2D eigenvalue weighted by Gasteiger charge is -2.05. The van der Waals surface area contributed by atoms with Crippen LogP contribution >= 0.6 is 11.3 Å². The van der Waals surface area contributed by atoms with Gasteiger partial charge in [0.2, 0.25) is 4.96 Å². The van der Waals surface area contributed by atoms with E-state index in [0.29, 0.717) is 0 Å².